The smallest absolute Gasteiger partial charge is 0.303 e. The number of aryl methyl sites for hydroxylation is 1. The maximum Gasteiger partial charge on any atom is 0.303 e. The third kappa shape index (κ3) is 5.77. The minimum atomic E-state index is -0.711. The predicted octanol–water partition coefficient (Wildman–Crippen LogP) is 3.83. The Balaban J connectivity index is 0.000000459. The maximum atomic E-state index is 9.60. The van der Waals surface area contributed by atoms with E-state index in [0.717, 1.165) is 31.4 Å². The number of hydrogen-bond donors (Lipinski definition) is 2. The van der Waals surface area contributed by atoms with Crippen molar-refractivity contribution in [2.75, 3.05) is 5.73 Å². The molecule has 0 spiro atoms. The van der Waals surface area contributed by atoms with Gasteiger partial charge >= 0.3 is 5.97 Å². The Morgan fingerprint density at radius 2 is 1.63 bits per heavy atom. The summed E-state index contributed by atoms with van der Waals surface area (Å²) in [4.78, 5) is 9.60. The number of nitrogen functional groups attached to an aromatic ring is 1. The summed E-state index contributed by atoms with van der Waals surface area (Å²) >= 11 is 0. The summed E-state index contributed by atoms with van der Waals surface area (Å²) < 4.78 is 0. The van der Waals surface area contributed by atoms with Crippen LogP contribution in [0.25, 0.3) is 0 Å². The number of nitrogens with two attached hydrogens (primary N) is 1. The average Bonchev–Trinajstić information content (AvgIpc) is 2.38. The van der Waals surface area contributed by atoms with Gasteiger partial charge in [0.1, 0.15) is 0 Å². The SMILES string of the molecule is CCCC(=O)O.CCc1ccc(N)c(CC)c1CC. The molecule has 0 fully saturated rings. The summed E-state index contributed by atoms with van der Waals surface area (Å²) in [6.45, 7) is 8.41. The Morgan fingerprint density at radius 3 is 1.95 bits per heavy atom. The van der Waals surface area contributed by atoms with E-state index in [-0.39, 0.29) is 0 Å². The largest absolute Gasteiger partial charge is 0.481 e. The second-order valence-electron chi connectivity index (χ2n) is 4.48. The van der Waals surface area contributed by atoms with Crippen molar-refractivity contribution in [1.29, 1.82) is 0 Å². The highest BCUT2D eigenvalue weighted by Gasteiger charge is 2.06. The number of carboxylic acids is 1. The molecular weight excluding hydrogens is 238 g/mol. The number of carbonyl (C=O) groups is 1. The number of aliphatic carboxylic acids is 1. The quantitative estimate of drug-likeness (QED) is 0.795. The van der Waals surface area contributed by atoms with Gasteiger partial charge in [-0.15, -0.1) is 0 Å². The molecule has 0 aliphatic heterocycles. The van der Waals surface area contributed by atoms with Crippen LogP contribution in [0.2, 0.25) is 0 Å². The lowest BCUT2D eigenvalue weighted by molar-refractivity contribution is -0.137. The van der Waals surface area contributed by atoms with E-state index < -0.39 is 5.97 Å². The van der Waals surface area contributed by atoms with Crippen LogP contribution in [0.1, 0.15) is 57.2 Å². The van der Waals surface area contributed by atoms with E-state index in [1.165, 1.54) is 16.7 Å². The number of anilines is 1. The van der Waals surface area contributed by atoms with E-state index in [4.69, 9.17) is 10.8 Å². The van der Waals surface area contributed by atoms with Gasteiger partial charge in [-0.1, -0.05) is 33.8 Å². The molecule has 3 nitrogen and oxygen atoms in total. The third-order valence-electron chi connectivity index (χ3n) is 3.12. The molecule has 19 heavy (non-hydrogen) atoms. The van der Waals surface area contributed by atoms with Gasteiger partial charge in [-0.05, 0) is 48.4 Å². The summed E-state index contributed by atoms with van der Waals surface area (Å²) in [5.41, 5.74) is 11.2. The van der Waals surface area contributed by atoms with Crippen molar-refractivity contribution in [1.82, 2.24) is 0 Å². The van der Waals surface area contributed by atoms with E-state index in [1.54, 1.807) is 0 Å². The minimum Gasteiger partial charge on any atom is -0.481 e. The van der Waals surface area contributed by atoms with Crippen molar-refractivity contribution in [3.05, 3.63) is 28.8 Å². The van der Waals surface area contributed by atoms with Gasteiger partial charge in [0.2, 0.25) is 0 Å². The van der Waals surface area contributed by atoms with Crippen molar-refractivity contribution in [2.45, 2.75) is 59.8 Å². The molecule has 0 bridgehead atoms. The van der Waals surface area contributed by atoms with Crippen LogP contribution in [-0.2, 0) is 24.1 Å². The first-order valence-electron chi connectivity index (χ1n) is 7.12. The van der Waals surface area contributed by atoms with Crippen LogP contribution in [-0.4, -0.2) is 11.1 Å². The highest BCUT2D eigenvalue weighted by atomic mass is 16.4. The Labute approximate surface area is 116 Å². The lowest BCUT2D eigenvalue weighted by Crippen LogP contribution is -2.02. The summed E-state index contributed by atoms with van der Waals surface area (Å²) in [7, 11) is 0. The molecule has 3 N–H and O–H groups in total. The van der Waals surface area contributed by atoms with Crippen molar-refractivity contribution in [2.24, 2.45) is 0 Å². The van der Waals surface area contributed by atoms with E-state index in [0.29, 0.717) is 6.42 Å². The second-order valence-corrected chi connectivity index (χ2v) is 4.48. The first-order chi connectivity index (χ1) is 9.01. The van der Waals surface area contributed by atoms with Gasteiger partial charge in [0.25, 0.3) is 0 Å². The van der Waals surface area contributed by atoms with Crippen molar-refractivity contribution in [3.63, 3.8) is 0 Å². The highest BCUT2D eigenvalue weighted by Crippen LogP contribution is 2.22. The van der Waals surface area contributed by atoms with Crippen molar-refractivity contribution in [3.8, 4) is 0 Å². The Morgan fingerprint density at radius 1 is 1.05 bits per heavy atom. The van der Waals surface area contributed by atoms with E-state index in [1.807, 2.05) is 13.0 Å². The molecule has 1 aromatic carbocycles. The topological polar surface area (TPSA) is 63.3 Å². The maximum absolute atomic E-state index is 9.60. The zero-order valence-electron chi connectivity index (χ0n) is 12.6. The van der Waals surface area contributed by atoms with E-state index in [9.17, 15) is 4.79 Å². The zero-order valence-corrected chi connectivity index (χ0v) is 12.6. The van der Waals surface area contributed by atoms with Gasteiger partial charge in [0.15, 0.2) is 0 Å². The summed E-state index contributed by atoms with van der Waals surface area (Å²) in [5, 5.41) is 7.91. The van der Waals surface area contributed by atoms with Crippen LogP contribution in [0.5, 0.6) is 0 Å². The van der Waals surface area contributed by atoms with Gasteiger partial charge in [0, 0.05) is 12.1 Å². The summed E-state index contributed by atoms with van der Waals surface area (Å²) in [6, 6.07) is 4.20. The van der Waals surface area contributed by atoms with Gasteiger partial charge in [0.05, 0.1) is 0 Å². The summed E-state index contributed by atoms with van der Waals surface area (Å²) in [5.74, 6) is -0.711. The van der Waals surface area contributed by atoms with E-state index in [2.05, 4.69) is 26.8 Å². The normalized spacial score (nSPS) is 9.68. The Bertz CT molecular complexity index is 400. The molecule has 0 saturated carbocycles. The van der Waals surface area contributed by atoms with Crippen molar-refractivity contribution < 1.29 is 9.90 Å². The lowest BCUT2D eigenvalue weighted by Gasteiger charge is -2.13. The van der Waals surface area contributed by atoms with Crippen LogP contribution in [0.15, 0.2) is 12.1 Å². The van der Waals surface area contributed by atoms with Crippen LogP contribution < -0.4 is 5.73 Å². The average molecular weight is 265 g/mol. The van der Waals surface area contributed by atoms with Crippen molar-refractivity contribution >= 4 is 11.7 Å². The van der Waals surface area contributed by atoms with Gasteiger partial charge in [-0.25, -0.2) is 0 Å². The van der Waals surface area contributed by atoms with Crippen LogP contribution in [0.4, 0.5) is 5.69 Å². The van der Waals surface area contributed by atoms with Gasteiger partial charge in [-0.3, -0.25) is 4.79 Å². The molecule has 0 amide bonds. The molecule has 0 aromatic heterocycles. The first kappa shape index (κ1) is 17.5. The fourth-order valence-corrected chi connectivity index (χ4v) is 2.16. The fraction of sp³-hybridized carbons (Fsp3) is 0.562. The molecule has 0 unspecified atom stereocenters. The molecule has 1 aromatic rings. The molecule has 0 atom stereocenters. The van der Waals surface area contributed by atoms with Gasteiger partial charge in [-0.2, -0.15) is 0 Å². The standard InChI is InChI=1S/C12H19N.C4H8O2/c1-4-9-7-8-12(13)11(6-3)10(9)5-2;1-2-3-4(5)6/h7-8H,4-6,13H2,1-3H3;2-3H2,1H3,(H,5,6). The molecule has 1 rings (SSSR count). The zero-order chi connectivity index (χ0) is 14.8. The van der Waals surface area contributed by atoms with Crippen LogP contribution in [0, 0.1) is 0 Å². The van der Waals surface area contributed by atoms with Crippen LogP contribution in [0.3, 0.4) is 0 Å². The fourth-order valence-electron chi connectivity index (χ4n) is 2.16. The lowest BCUT2D eigenvalue weighted by atomic mass is 9.94. The predicted molar refractivity (Wildman–Crippen MR) is 81.5 cm³/mol. The molecule has 108 valence electrons. The molecule has 0 aliphatic rings. The second kappa shape index (κ2) is 9.42. The minimum absolute atomic E-state index is 0.292. The molecule has 0 aliphatic carbocycles. The first-order valence-corrected chi connectivity index (χ1v) is 7.12. The molecule has 3 heteroatoms. The number of rotatable bonds is 5. The number of hydrogen-bond acceptors (Lipinski definition) is 2. The number of benzene rings is 1. The highest BCUT2D eigenvalue weighted by molar-refractivity contribution is 5.66. The number of carboxylic acid groups (broad SMARTS) is 1. The Kier molecular flexibility index (Phi) is 8.68. The van der Waals surface area contributed by atoms with Gasteiger partial charge < -0.3 is 10.8 Å². The molecular formula is C16H27NO2. The molecule has 0 heterocycles. The third-order valence-corrected chi connectivity index (χ3v) is 3.12. The molecule has 0 saturated heterocycles. The summed E-state index contributed by atoms with van der Waals surface area (Å²) in [6.07, 6.45) is 4.27. The monoisotopic (exact) mass is 265 g/mol. The van der Waals surface area contributed by atoms with E-state index >= 15 is 0 Å². The Hall–Kier alpha value is -1.51. The molecule has 0 radical (unpaired) electrons. The van der Waals surface area contributed by atoms with Crippen LogP contribution >= 0.6 is 0 Å².